The van der Waals surface area contributed by atoms with Crippen LogP contribution < -0.4 is 5.32 Å². The van der Waals surface area contributed by atoms with E-state index in [0.717, 1.165) is 24.3 Å². The van der Waals surface area contributed by atoms with Gasteiger partial charge in [0.05, 0.1) is 18.1 Å². The van der Waals surface area contributed by atoms with Crippen molar-refractivity contribution in [1.82, 2.24) is 15.0 Å². The smallest absolute Gasteiger partial charge is 0.0858 e. The van der Waals surface area contributed by atoms with Crippen LogP contribution in [0.25, 0.3) is 5.69 Å². The number of benzene rings is 1. The number of nitrogens with zero attached hydrogens (tertiary/aromatic N) is 3. The molecule has 0 amide bonds. The first-order valence-corrected chi connectivity index (χ1v) is 5.11. The highest BCUT2D eigenvalue weighted by Crippen LogP contribution is 2.11. The van der Waals surface area contributed by atoms with Crippen molar-refractivity contribution in [2.24, 2.45) is 0 Å². The summed E-state index contributed by atoms with van der Waals surface area (Å²) < 4.78 is 0. The van der Waals surface area contributed by atoms with Gasteiger partial charge in [-0.3, -0.25) is 0 Å². The van der Waals surface area contributed by atoms with Crippen LogP contribution in [0.15, 0.2) is 36.7 Å². The lowest BCUT2D eigenvalue weighted by Crippen LogP contribution is -2.01. The number of aromatic nitrogens is 3. The number of hydrogen-bond donors (Lipinski definition) is 1. The van der Waals surface area contributed by atoms with E-state index in [9.17, 15) is 0 Å². The summed E-state index contributed by atoms with van der Waals surface area (Å²) in [5.41, 5.74) is 2.11. The molecule has 1 N–H and O–H groups in total. The van der Waals surface area contributed by atoms with Crippen LogP contribution in [-0.2, 0) is 0 Å². The maximum Gasteiger partial charge on any atom is 0.0858 e. The highest BCUT2D eigenvalue weighted by molar-refractivity contribution is 5.47. The Bertz CT molecular complexity index is 391. The van der Waals surface area contributed by atoms with Crippen LogP contribution in [0.1, 0.15) is 13.3 Å². The normalized spacial score (nSPS) is 10.2. The molecule has 4 heteroatoms. The van der Waals surface area contributed by atoms with Gasteiger partial charge in [-0.25, -0.2) is 0 Å². The third-order valence-corrected chi connectivity index (χ3v) is 2.10. The van der Waals surface area contributed by atoms with Crippen LogP contribution in [0.2, 0.25) is 0 Å². The Balaban J connectivity index is 2.11. The fourth-order valence-corrected chi connectivity index (χ4v) is 1.33. The number of anilines is 1. The summed E-state index contributed by atoms with van der Waals surface area (Å²) in [5, 5.41) is 11.4. The zero-order valence-corrected chi connectivity index (χ0v) is 8.72. The molecule has 0 fully saturated rings. The third-order valence-electron chi connectivity index (χ3n) is 2.10. The van der Waals surface area contributed by atoms with Gasteiger partial charge in [0.1, 0.15) is 0 Å². The van der Waals surface area contributed by atoms with Gasteiger partial charge in [-0.1, -0.05) is 6.92 Å². The Kier molecular flexibility index (Phi) is 2.97. The second-order valence-electron chi connectivity index (χ2n) is 3.29. The van der Waals surface area contributed by atoms with E-state index in [-0.39, 0.29) is 0 Å². The van der Waals surface area contributed by atoms with Gasteiger partial charge in [0.2, 0.25) is 0 Å². The predicted molar refractivity (Wildman–Crippen MR) is 60.1 cm³/mol. The van der Waals surface area contributed by atoms with E-state index >= 15 is 0 Å². The molecule has 78 valence electrons. The summed E-state index contributed by atoms with van der Waals surface area (Å²) in [7, 11) is 0. The van der Waals surface area contributed by atoms with Crippen LogP contribution in [-0.4, -0.2) is 21.5 Å². The first-order valence-electron chi connectivity index (χ1n) is 5.11. The summed E-state index contributed by atoms with van der Waals surface area (Å²) in [4.78, 5) is 1.60. The maximum absolute atomic E-state index is 4.06. The van der Waals surface area contributed by atoms with Crippen LogP contribution in [0.5, 0.6) is 0 Å². The summed E-state index contributed by atoms with van der Waals surface area (Å²) in [6, 6.07) is 8.07. The third kappa shape index (κ3) is 2.34. The minimum absolute atomic E-state index is 0.974. The van der Waals surface area contributed by atoms with Crippen molar-refractivity contribution >= 4 is 5.69 Å². The van der Waals surface area contributed by atoms with Crippen molar-refractivity contribution < 1.29 is 0 Å². The summed E-state index contributed by atoms with van der Waals surface area (Å²) in [6.45, 7) is 3.15. The van der Waals surface area contributed by atoms with Crippen molar-refractivity contribution in [2.75, 3.05) is 11.9 Å². The molecule has 1 aromatic carbocycles. The molecule has 0 atom stereocenters. The number of hydrogen-bond acceptors (Lipinski definition) is 3. The summed E-state index contributed by atoms with van der Waals surface area (Å²) in [5.74, 6) is 0. The van der Waals surface area contributed by atoms with E-state index in [1.54, 1.807) is 17.2 Å². The van der Waals surface area contributed by atoms with Crippen LogP contribution in [0.3, 0.4) is 0 Å². The Hall–Kier alpha value is -1.84. The van der Waals surface area contributed by atoms with E-state index in [4.69, 9.17) is 0 Å². The van der Waals surface area contributed by atoms with Crippen molar-refractivity contribution in [3.05, 3.63) is 36.7 Å². The predicted octanol–water partition coefficient (Wildman–Crippen LogP) is 2.09. The minimum atomic E-state index is 0.974. The van der Waals surface area contributed by atoms with Crippen LogP contribution in [0, 0.1) is 0 Å². The lowest BCUT2D eigenvalue weighted by atomic mass is 10.3. The van der Waals surface area contributed by atoms with Crippen LogP contribution >= 0.6 is 0 Å². The van der Waals surface area contributed by atoms with Crippen molar-refractivity contribution in [2.45, 2.75) is 13.3 Å². The molecule has 0 aliphatic heterocycles. The fourth-order valence-electron chi connectivity index (χ4n) is 1.33. The molecular formula is C11H14N4. The zero-order chi connectivity index (χ0) is 10.5. The zero-order valence-electron chi connectivity index (χ0n) is 8.72. The first kappa shape index (κ1) is 9.71. The first-order chi connectivity index (χ1) is 7.40. The maximum atomic E-state index is 4.06. The average molecular weight is 202 g/mol. The molecule has 0 aliphatic rings. The van der Waals surface area contributed by atoms with E-state index in [0.29, 0.717) is 0 Å². The van der Waals surface area contributed by atoms with Gasteiger partial charge < -0.3 is 5.32 Å². The molecule has 15 heavy (non-hydrogen) atoms. The van der Waals surface area contributed by atoms with E-state index in [1.807, 2.05) is 24.3 Å². The standard InChI is InChI=1S/C11H14N4/c1-2-7-12-10-3-5-11(6-4-10)15-13-8-9-14-15/h3-6,8-9,12H,2,7H2,1H3. The molecule has 0 saturated carbocycles. The molecule has 0 spiro atoms. The largest absolute Gasteiger partial charge is 0.385 e. The molecule has 0 aliphatic carbocycles. The number of rotatable bonds is 4. The van der Waals surface area contributed by atoms with Crippen molar-refractivity contribution in [1.29, 1.82) is 0 Å². The van der Waals surface area contributed by atoms with E-state index < -0.39 is 0 Å². The van der Waals surface area contributed by atoms with Gasteiger partial charge in [-0.05, 0) is 30.7 Å². The van der Waals surface area contributed by atoms with Gasteiger partial charge in [-0.2, -0.15) is 15.0 Å². The van der Waals surface area contributed by atoms with Gasteiger partial charge in [-0.15, -0.1) is 0 Å². The summed E-state index contributed by atoms with van der Waals surface area (Å²) in [6.07, 6.45) is 4.47. The molecule has 2 aromatic rings. The Morgan fingerprint density at radius 2 is 1.80 bits per heavy atom. The molecule has 0 radical (unpaired) electrons. The van der Waals surface area contributed by atoms with Gasteiger partial charge in [0, 0.05) is 12.2 Å². The second-order valence-corrected chi connectivity index (χ2v) is 3.29. The monoisotopic (exact) mass is 202 g/mol. The highest BCUT2D eigenvalue weighted by Gasteiger charge is 1.96. The molecule has 0 saturated heterocycles. The molecular weight excluding hydrogens is 188 g/mol. The Morgan fingerprint density at radius 3 is 2.40 bits per heavy atom. The summed E-state index contributed by atoms with van der Waals surface area (Å²) >= 11 is 0. The number of nitrogens with one attached hydrogen (secondary N) is 1. The fraction of sp³-hybridized carbons (Fsp3) is 0.273. The Labute approximate surface area is 88.9 Å². The molecule has 0 bridgehead atoms. The molecule has 1 aromatic heterocycles. The highest BCUT2D eigenvalue weighted by atomic mass is 15.5. The minimum Gasteiger partial charge on any atom is -0.385 e. The molecule has 4 nitrogen and oxygen atoms in total. The second kappa shape index (κ2) is 4.59. The van der Waals surface area contributed by atoms with Crippen molar-refractivity contribution in [3.8, 4) is 5.69 Å². The van der Waals surface area contributed by atoms with E-state index in [1.165, 1.54) is 0 Å². The molecule has 1 heterocycles. The quantitative estimate of drug-likeness (QED) is 0.825. The Morgan fingerprint density at radius 1 is 1.13 bits per heavy atom. The SMILES string of the molecule is CCCNc1ccc(-n2nccn2)cc1. The molecule has 0 unspecified atom stereocenters. The molecule has 2 rings (SSSR count). The van der Waals surface area contributed by atoms with E-state index in [2.05, 4.69) is 22.4 Å². The average Bonchev–Trinajstić information content (AvgIpc) is 2.80. The lowest BCUT2D eigenvalue weighted by Gasteiger charge is -2.05. The van der Waals surface area contributed by atoms with Crippen LogP contribution in [0.4, 0.5) is 5.69 Å². The van der Waals surface area contributed by atoms with Gasteiger partial charge in [0.25, 0.3) is 0 Å². The van der Waals surface area contributed by atoms with Gasteiger partial charge in [0.15, 0.2) is 0 Å². The lowest BCUT2D eigenvalue weighted by molar-refractivity contribution is 0.752. The van der Waals surface area contributed by atoms with Crippen molar-refractivity contribution in [3.63, 3.8) is 0 Å². The van der Waals surface area contributed by atoms with Gasteiger partial charge >= 0.3 is 0 Å². The topological polar surface area (TPSA) is 42.7 Å².